The molecule has 15 rings (SSSR count). The monoisotopic (exact) mass is 1030 g/mol. The Hall–Kier alpha value is -10.7. The molecule has 2 aromatic heterocycles. The van der Waals surface area contributed by atoms with Crippen LogP contribution in [-0.4, -0.2) is 4.57 Å². The molecule has 3 heteroatoms. The second-order valence-corrected chi connectivity index (χ2v) is 20.9. The van der Waals surface area contributed by atoms with Crippen LogP contribution in [0.5, 0.6) is 0 Å². The van der Waals surface area contributed by atoms with Crippen molar-refractivity contribution in [2.45, 2.75) is 0 Å². The van der Waals surface area contributed by atoms with Crippen LogP contribution in [0.3, 0.4) is 0 Å². The Morgan fingerprint density at radius 3 is 0.988 bits per heavy atom. The van der Waals surface area contributed by atoms with Crippen molar-refractivity contribution in [1.82, 2.24) is 4.57 Å². The zero-order chi connectivity index (χ0) is 53.6. The van der Waals surface area contributed by atoms with E-state index in [2.05, 4.69) is 313 Å². The second-order valence-electron chi connectivity index (χ2n) is 20.9. The zero-order valence-electron chi connectivity index (χ0n) is 44.3. The summed E-state index contributed by atoms with van der Waals surface area (Å²) in [6, 6.07) is 114. The fourth-order valence-electron chi connectivity index (χ4n) is 11.8. The Kier molecular flexibility index (Phi) is 11.9. The first-order valence-corrected chi connectivity index (χ1v) is 27.7. The van der Waals surface area contributed by atoms with Gasteiger partial charge in [-0.05, 0) is 163 Å². The highest BCUT2D eigenvalue weighted by atomic mass is 16.3. The third-order valence-electron chi connectivity index (χ3n) is 16.1. The van der Waals surface area contributed by atoms with Crippen molar-refractivity contribution in [3.05, 3.63) is 315 Å². The molecular weight excluding hydrogens is 981 g/mol. The average molecular weight is 1030 g/mol. The summed E-state index contributed by atoms with van der Waals surface area (Å²) in [4.78, 5) is 2.35. The van der Waals surface area contributed by atoms with Crippen molar-refractivity contribution in [1.29, 1.82) is 0 Å². The number of benzene rings is 13. The molecule has 0 fully saturated rings. The smallest absolute Gasteiger partial charge is 0.135 e. The minimum Gasteiger partial charge on any atom is -0.456 e. The van der Waals surface area contributed by atoms with E-state index in [0.29, 0.717) is 0 Å². The maximum atomic E-state index is 6.11. The SMILES string of the molecule is c1ccc(-c2ccc(-c3ccc(N(c4ccc(-c5ccc(-c6ccccc6)cc5)cc4)c4ccc(-c5ccc(-n6c7ccccc7c7cc(-c8ccc(-c9ccc%10oc%11ccccc%11c%10c9)cc8)ccc76)cc5)cc4)cc3)cc2)cc1. The van der Waals surface area contributed by atoms with Gasteiger partial charge in [-0.1, -0.05) is 231 Å². The van der Waals surface area contributed by atoms with Gasteiger partial charge in [-0.15, -0.1) is 0 Å². The minimum absolute atomic E-state index is 0.912. The zero-order valence-corrected chi connectivity index (χ0v) is 44.3. The molecular formula is C78H52N2O. The van der Waals surface area contributed by atoms with E-state index in [-0.39, 0.29) is 0 Å². The first-order chi connectivity index (χ1) is 40.1. The molecule has 0 aliphatic rings. The summed E-state index contributed by atoms with van der Waals surface area (Å²) in [5.74, 6) is 0. The van der Waals surface area contributed by atoms with Crippen LogP contribution >= 0.6 is 0 Å². The number of rotatable bonds is 11. The molecule has 0 atom stereocenters. The van der Waals surface area contributed by atoms with Crippen molar-refractivity contribution in [2.75, 3.05) is 4.90 Å². The summed E-state index contributed by atoms with van der Waals surface area (Å²) in [7, 11) is 0. The topological polar surface area (TPSA) is 21.3 Å². The summed E-state index contributed by atoms with van der Waals surface area (Å²) in [5.41, 5.74) is 25.2. The van der Waals surface area contributed by atoms with E-state index >= 15 is 0 Å². The molecule has 0 aliphatic carbocycles. The molecule has 0 saturated carbocycles. The number of anilines is 3. The highest BCUT2D eigenvalue weighted by molar-refractivity contribution is 6.11. The van der Waals surface area contributed by atoms with Gasteiger partial charge in [0.25, 0.3) is 0 Å². The normalized spacial score (nSPS) is 11.5. The van der Waals surface area contributed by atoms with E-state index in [1.54, 1.807) is 0 Å². The van der Waals surface area contributed by atoms with Gasteiger partial charge in [0.2, 0.25) is 0 Å². The number of hydrogen-bond donors (Lipinski definition) is 0. The first kappa shape index (κ1) is 47.5. The molecule has 0 spiro atoms. The lowest BCUT2D eigenvalue weighted by Gasteiger charge is -2.26. The molecule has 0 aliphatic heterocycles. The number of nitrogens with zero attached hydrogens (tertiary/aromatic N) is 2. The van der Waals surface area contributed by atoms with E-state index in [9.17, 15) is 0 Å². The lowest BCUT2D eigenvalue weighted by Crippen LogP contribution is -2.09. The summed E-state index contributed by atoms with van der Waals surface area (Å²) in [5, 5.41) is 4.74. The summed E-state index contributed by atoms with van der Waals surface area (Å²) in [6.45, 7) is 0. The molecule has 3 nitrogen and oxygen atoms in total. The molecule has 0 unspecified atom stereocenters. The lowest BCUT2D eigenvalue weighted by atomic mass is 9.98. The lowest BCUT2D eigenvalue weighted by molar-refractivity contribution is 0.669. The number of furan rings is 1. The number of fused-ring (bicyclic) bond motifs is 6. The highest BCUT2D eigenvalue weighted by Crippen LogP contribution is 2.41. The third kappa shape index (κ3) is 8.94. The van der Waals surface area contributed by atoms with Gasteiger partial charge in [-0.25, -0.2) is 0 Å². The van der Waals surface area contributed by atoms with Gasteiger partial charge in [-0.2, -0.15) is 0 Å². The highest BCUT2D eigenvalue weighted by Gasteiger charge is 2.17. The Morgan fingerprint density at radius 2 is 0.519 bits per heavy atom. The summed E-state index contributed by atoms with van der Waals surface area (Å²) >= 11 is 0. The third-order valence-corrected chi connectivity index (χ3v) is 16.1. The van der Waals surface area contributed by atoms with Crippen LogP contribution < -0.4 is 4.90 Å². The molecule has 0 bridgehead atoms. The van der Waals surface area contributed by atoms with Crippen LogP contribution in [-0.2, 0) is 0 Å². The van der Waals surface area contributed by atoms with Crippen LogP contribution in [0.1, 0.15) is 0 Å². The van der Waals surface area contributed by atoms with Crippen LogP contribution in [0.25, 0.3) is 127 Å². The average Bonchev–Trinajstić information content (AvgIpc) is 4.23. The molecule has 0 amide bonds. The van der Waals surface area contributed by atoms with Crippen molar-refractivity contribution in [2.24, 2.45) is 0 Å². The predicted molar refractivity (Wildman–Crippen MR) is 341 cm³/mol. The first-order valence-electron chi connectivity index (χ1n) is 27.7. The second kappa shape index (κ2) is 20.2. The quantitative estimate of drug-likeness (QED) is 0.129. The van der Waals surface area contributed by atoms with Gasteiger partial charge in [0.1, 0.15) is 11.2 Å². The van der Waals surface area contributed by atoms with E-state index in [1.807, 2.05) is 12.1 Å². The summed E-state index contributed by atoms with van der Waals surface area (Å²) < 4.78 is 8.51. The maximum absolute atomic E-state index is 6.11. The summed E-state index contributed by atoms with van der Waals surface area (Å²) in [6.07, 6.45) is 0. The molecule has 380 valence electrons. The van der Waals surface area contributed by atoms with Gasteiger partial charge >= 0.3 is 0 Å². The van der Waals surface area contributed by atoms with Crippen LogP contribution in [0.4, 0.5) is 17.1 Å². The minimum atomic E-state index is 0.912. The van der Waals surface area contributed by atoms with Crippen LogP contribution in [0.2, 0.25) is 0 Å². The fourth-order valence-corrected chi connectivity index (χ4v) is 11.8. The van der Waals surface area contributed by atoms with E-state index in [4.69, 9.17) is 4.42 Å². The van der Waals surface area contributed by atoms with Crippen molar-refractivity contribution < 1.29 is 4.42 Å². The maximum Gasteiger partial charge on any atom is 0.135 e. The molecule has 2 heterocycles. The van der Waals surface area contributed by atoms with Crippen LogP contribution in [0, 0.1) is 0 Å². The molecule has 0 radical (unpaired) electrons. The number of para-hydroxylation sites is 2. The van der Waals surface area contributed by atoms with E-state index in [0.717, 1.165) is 55.8 Å². The molecule has 0 N–H and O–H groups in total. The Morgan fingerprint density at radius 1 is 0.210 bits per heavy atom. The van der Waals surface area contributed by atoms with Gasteiger partial charge < -0.3 is 13.9 Å². The predicted octanol–water partition coefficient (Wildman–Crippen LogP) is 21.8. The Labute approximate surface area is 471 Å². The van der Waals surface area contributed by atoms with E-state index in [1.165, 1.54) is 88.6 Å². The van der Waals surface area contributed by atoms with E-state index < -0.39 is 0 Å². The molecule has 15 aromatic rings. The Balaban J connectivity index is 0.711. The van der Waals surface area contributed by atoms with Gasteiger partial charge in [0.15, 0.2) is 0 Å². The van der Waals surface area contributed by atoms with Gasteiger partial charge in [-0.3, -0.25) is 0 Å². The van der Waals surface area contributed by atoms with Crippen molar-refractivity contribution >= 4 is 60.8 Å². The van der Waals surface area contributed by atoms with Crippen LogP contribution in [0.15, 0.2) is 320 Å². The largest absolute Gasteiger partial charge is 0.456 e. The molecule has 13 aromatic carbocycles. The molecule has 81 heavy (non-hydrogen) atoms. The molecule has 0 saturated heterocycles. The standard InChI is InChI=1S/C78H52N2O/c1-3-11-53(12-4-1)55-19-23-57(24-20-55)59-31-41-67(42-32-59)79(68-43-33-60(34-44-68)58-25-21-56(22-26-58)54-13-5-2-6-14-54)69-45-35-61(36-46-69)62-37-47-70(48-38-62)80-75-17-9-7-15-71(75)73-51-65(39-49-76(73)80)63-27-29-64(30-28-63)66-40-50-78-74(52-66)72-16-8-10-18-77(72)81-78/h1-52H. The van der Waals surface area contributed by atoms with Gasteiger partial charge in [0.05, 0.1) is 11.0 Å². The number of hydrogen-bond acceptors (Lipinski definition) is 2. The van der Waals surface area contributed by atoms with Gasteiger partial charge in [0, 0.05) is 44.3 Å². The Bertz CT molecular complexity index is 4590. The fraction of sp³-hybridized carbons (Fsp3) is 0. The number of aromatic nitrogens is 1. The van der Waals surface area contributed by atoms with Crippen molar-refractivity contribution in [3.8, 4) is 83.6 Å². The van der Waals surface area contributed by atoms with Crippen molar-refractivity contribution in [3.63, 3.8) is 0 Å².